The summed E-state index contributed by atoms with van der Waals surface area (Å²) in [6.45, 7) is 7.47. The Morgan fingerprint density at radius 2 is 1.17 bits per heavy atom. The molecule has 8 nitrogen and oxygen atoms in total. The third-order valence-electron chi connectivity index (χ3n) is 3.97. The van der Waals surface area contributed by atoms with Gasteiger partial charge in [-0.1, -0.05) is 35.4 Å². The molecule has 0 aliphatic heterocycles. The molecule has 0 unspecified atom stereocenters. The summed E-state index contributed by atoms with van der Waals surface area (Å²) in [5, 5.41) is 7.39. The van der Waals surface area contributed by atoms with E-state index >= 15 is 0 Å². The Morgan fingerprint density at radius 1 is 0.767 bits per heavy atom. The lowest BCUT2D eigenvalue weighted by Crippen LogP contribution is -2.25. The fraction of sp³-hybridized carbons (Fsp3) is 0.273. The second kappa shape index (κ2) is 11.4. The first kappa shape index (κ1) is 22.6. The van der Waals surface area contributed by atoms with Crippen LogP contribution in [0.5, 0.6) is 11.5 Å². The lowest BCUT2D eigenvalue weighted by atomic mass is 10.1. The molecule has 0 heterocycles. The first-order valence-corrected chi connectivity index (χ1v) is 9.37. The molecule has 0 aliphatic rings. The van der Waals surface area contributed by atoms with Gasteiger partial charge in [-0.05, 0) is 51.0 Å². The molecule has 2 amide bonds. The summed E-state index contributed by atoms with van der Waals surface area (Å²) in [6.07, 6.45) is 2.47. The van der Waals surface area contributed by atoms with Crippen molar-refractivity contribution in [1.29, 1.82) is 0 Å². The van der Waals surface area contributed by atoms with E-state index in [1.807, 2.05) is 64.1 Å². The van der Waals surface area contributed by atoms with Crippen molar-refractivity contribution in [1.82, 2.24) is 10.9 Å². The van der Waals surface area contributed by atoms with Crippen LogP contribution in [0.4, 0.5) is 0 Å². The van der Waals surface area contributed by atoms with E-state index < -0.39 is 11.8 Å². The van der Waals surface area contributed by atoms with Crippen LogP contribution < -0.4 is 20.3 Å². The van der Waals surface area contributed by atoms with Crippen LogP contribution in [0.25, 0.3) is 0 Å². The van der Waals surface area contributed by atoms with Crippen molar-refractivity contribution in [3.05, 3.63) is 58.7 Å². The normalized spacial score (nSPS) is 10.9. The number of amides is 2. The molecule has 0 spiro atoms. The summed E-state index contributed by atoms with van der Waals surface area (Å²) >= 11 is 0. The standard InChI is InChI=1S/C22H26N4O4/c1-15-5-7-19(17(3)11-15)29-13-21(27)25-23-9-10-24-26-22(28)14-30-20-8-6-16(2)12-18(20)4/h5-12H,13-14H2,1-4H3,(H,25,27)(H,26,28)/b23-9+,24-10+. The predicted octanol–water partition coefficient (Wildman–Crippen LogP) is 2.58. The molecule has 158 valence electrons. The van der Waals surface area contributed by atoms with Crippen molar-refractivity contribution in [2.45, 2.75) is 27.7 Å². The molecule has 2 rings (SSSR count). The minimum atomic E-state index is -0.412. The number of carbonyl (C=O) groups is 2. The summed E-state index contributed by atoms with van der Waals surface area (Å²) in [4.78, 5) is 23.4. The zero-order valence-electron chi connectivity index (χ0n) is 17.6. The maximum Gasteiger partial charge on any atom is 0.277 e. The summed E-state index contributed by atoms with van der Waals surface area (Å²) in [7, 11) is 0. The van der Waals surface area contributed by atoms with Crippen LogP contribution in [0.3, 0.4) is 0 Å². The number of hydrogen-bond acceptors (Lipinski definition) is 6. The molecule has 2 N–H and O–H groups in total. The molecule has 0 aliphatic carbocycles. The van der Waals surface area contributed by atoms with Crippen LogP contribution in [0.15, 0.2) is 46.6 Å². The second-order valence-electron chi connectivity index (χ2n) is 6.74. The van der Waals surface area contributed by atoms with Gasteiger partial charge in [-0.15, -0.1) is 0 Å². The van der Waals surface area contributed by atoms with Gasteiger partial charge in [0, 0.05) is 0 Å². The highest BCUT2D eigenvalue weighted by Crippen LogP contribution is 2.19. The maximum absolute atomic E-state index is 11.7. The van der Waals surface area contributed by atoms with Crippen molar-refractivity contribution in [3.8, 4) is 11.5 Å². The molecule has 0 fully saturated rings. The van der Waals surface area contributed by atoms with E-state index in [0.717, 1.165) is 22.3 Å². The molecule has 30 heavy (non-hydrogen) atoms. The molecule has 0 bridgehead atoms. The van der Waals surface area contributed by atoms with Gasteiger partial charge in [-0.25, -0.2) is 10.9 Å². The van der Waals surface area contributed by atoms with Crippen LogP contribution in [-0.4, -0.2) is 37.5 Å². The van der Waals surface area contributed by atoms with E-state index in [1.54, 1.807) is 0 Å². The summed E-state index contributed by atoms with van der Waals surface area (Å²) in [5.41, 5.74) is 8.77. The van der Waals surface area contributed by atoms with Gasteiger partial charge in [0.25, 0.3) is 11.8 Å². The molecule has 2 aromatic carbocycles. The van der Waals surface area contributed by atoms with E-state index in [1.165, 1.54) is 12.4 Å². The second-order valence-corrected chi connectivity index (χ2v) is 6.74. The van der Waals surface area contributed by atoms with Gasteiger partial charge >= 0.3 is 0 Å². The molecule has 2 aromatic rings. The fourth-order valence-electron chi connectivity index (χ4n) is 2.56. The highest BCUT2D eigenvalue weighted by atomic mass is 16.5. The first-order chi connectivity index (χ1) is 14.3. The molecule has 0 saturated carbocycles. The number of benzene rings is 2. The van der Waals surface area contributed by atoms with E-state index in [-0.39, 0.29) is 13.2 Å². The monoisotopic (exact) mass is 410 g/mol. The minimum absolute atomic E-state index is 0.162. The van der Waals surface area contributed by atoms with Crippen molar-refractivity contribution >= 4 is 24.2 Å². The first-order valence-electron chi connectivity index (χ1n) is 9.37. The van der Waals surface area contributed by atoms with Crippen LogP contribution in [0, 0.1) is 27.7 Å². The third-order valence-corrected chi connectivity index (χ3v) is 3.97. The summed E-state index contributed by atoms with van der Waals surface area (Å²) in [5.74, 6) is 0.468. The van der Waals surface area contributed by atoms with Crippen LogP contribution in [0.1, 0.15) is 22.3 Å². The Bertz CT molecular complexity index is 877. The van der Waals surface area contributed by atoms with E-state index in [9.17, 15) is 9.59 Å². The Hall–Kier alpha value is -3.68. The Kier molecular flexibility index (Phi) is 8.56. The van der Waals surface area contributed by atoms with Gasteiger partial charge in [-0.3, -0.25) is 9.59 Å². The lowest BCUT2D eigenvalue weighted by Gasteiger charge is -2.08. The molecule has 0 atom stereocenters. The zero-order valence-corrected chi connectivity index (χ0v) is 17.6. The van der Waals surface area contributed by atoms with Crippen LogP contribution >= 0.6 is 0 Å². The van der Waals surface area contributed by atoms with Crippen molar-refractivity contribution < 1.29 is 19.1 Å². The number of hydrazone groups is 2. The van der Waals surface area contributed by atoms with E-state index in [0.29, 0.717) is 11.5 Å². The molecule has 0 aromatic heterocycles. The number of nitrogens with zero attached hydrogens (tertiary/aromatic N) is 2. The van der Waals surface area contributed by atoms with Gasteiger partial charge in [-0.2, -0.15) is 10.2 Å². The highest BCUT2D eigenvalue weighted by molar-refractivity contribution is 6.16. The van der Waals surface area contributed by atoms with Gasteiger partial charge < -0.3 is 9.47 Å². The van der Waals surface area contributed by atoms with Gasteiger partial charge in [0.2, 0.25) is 0 Å². The van der Waals surface area contributed by atoms with Crippen molar-refractivity contribution in [2.24, 2.45) is 10.2 Å². The third kappa shape index (κ3) is 7.75. The molecule has 0 radical (unpaired) electrons. The molecular formula is C22H26N4O4. The van der Waals surface area contributed by atoms with E-state index in [4.69, 9.17) is 9.47 Å². The van der Waals surface area contributed by atoms with Gasteiger partial charge in [0.15, 0.2) is 13.2 Å². The average molecular weight is 410 g/mol. The maximum atomic E-state index is 11.7. The number of ether oxygens (including phenoxy) is 2. The number of nitrogens with one attached hydrogen (secondary N) is 2. The predicted molar refractivity (Wildman–Crippen MR) is 116 cm³/mol. The quantitative estimate of drug-likeness (QED) is 0.490. The molecular weight excluding hydrogens is 384 g/mol. The average Bonchev–Trinajstić information content (AvgIpc) is 2.69. The Balaban J connectivity index is 1.64. The molecule has 8 heteroatoms. The number of aryl methyl sites for hydroxylation is 4. The van der Waals surface area contributed by atoms with Gasteiger partial charge in [0.05, 0.1) is 12.4 Å². The van der Waals surface area contributed by atoms with Gasteiger partial charge in [0.1, 0.15) is 11.5 Å². The number of rotatable bonds is 9. The minimum Gasteiger partial charge on any atom is -0.483 e. The summed E-state index contributed by atoms with van der Waals surface area (Å²) in [6, 6.07) is 11.4. The topological polar surface area (TPSA) is 101 Å². The SMILES string of the molecule is Cc1ccc(OCC(=O)N/N=C/C=N/NC(=O)COc2ccc(C)cc2C)c(C)c1. The molecule has 0 saturated heterocycles. The fourth-order valence-corrected chi connectivity index (χ4v) is 2.56. The largest absolute Gasteiger partial charge is 0.483 e. The van der Waals surface area contributed by atoms with Crippen LogP contribution in [-0.2, 0) is 9.59 Å². The van der Waals surface area contributed by atoms with Crippen molar-refractivity contribution in [3.63, 3.8) is 0 Å². The smallest absolute Gasteiger partial charge is 0.277 e. The van der Waals surface area contributed by atoms with E-state index in [2.05, 4.69) is 21.1 Å². The highest BCUT2D eigenvalue weighted by Gasteiger charge is 2.05. The zero-order chi connectivity index (χ0) is 21.9. The number of carbonyl (C=O) groups excluding carboxylic acids is 2. The van der Waals surface area contributed by atoms with Crippen LogP contribution in [0.2, 0.25) is 0 Å². The Morgan fingerprint density at radius 3 is 1.53 bits per heavy atom. The lowest BCUT2D eigenvalue weighted by molar-refractivity contribution is -0.123. The van der Waals surface area contributed by atoms with Crippen molar-refractivity contribution in [2.75, 3.05) is 13.2 Å². The summed E-state index contributed by atoms with van der Waals surface area (Å²) < 4.78 is 10.9. The Labute approximate surface area is 176 Å². The number of hydrogen-bond donors (Lipinski definition) is 2.